The van der Waals surface area contributed by atoms with Gasteiger partial charge in [0.05, 0.1) is 5.39 Å². The highest BCUT2D eigenvalue weighted by Gasteiger charge is 2.18. The molecule has 0 saturated carbocycles. The lowest BCUT2D eigenvalue weighted by atomic mass is 10.2. The van der Waals surface area contributed by atoms with Crippen molar-refractivity contribution in [2.75, 3.05) is 0 Å². The van der Waals surface area contributed by atoms with Gasteiger partial charge < -0.3 is 0 Å². The van der Waals surface area contributed by atoms with Crippen molar-refractivity contribution in [1.29, 1.82) is 0 Å². The summed E-state index contributed by atoms with van der Waals surface area (Å²) in [7, 11) is 0. The number of hydrogen-bond donors (Lipinski definition) is 0. The van der Waals surface area contributed by atoms with Gasteiger partial charge in [0.15, 0.2) is 5.82 Å². The lowest BCUT2D eigenvalue weighted by molar-refractivity contribution is 0.701. The summed E-state index contributed by atoms with van der Waals surface area (Å²) in [4.78, 5) is 12.8. The number of halogens is 1. The fraction of sp³-hybridized carbons (Fsp3) is 0.188. The van der Waals surface area contributed by atoms with Crippen molar-refractivity contribution in [1.82, 2.24) is 30.2 Å². The first kappa shape index (κ1) is 15.3. The number of fused-ring (bicyclic) bond motifs is 1. The zero-order valence-electron chi connectivity index (χ0n) is 13.3. The maximum Gasteiger partial charge on any atom is 0.206 e. The molecule has 0 bridgehead atoms. The van der Waals surface area contributed by atoms with Crippen molar-refractivity contribution in [3.05, 3.63) is 45.0 Å². The molecule has 3 aromatic heterocycles. The Balaban J connectivity index is 1.92. The monoisotopic (exact) mass is 400 g/mol. The number of aryl methyl sites for hydroxylation is 3. The molecule has 4 rings (SSSR count). The van der Waals surface area contributed by atoms with E-state index in [1.165, 1.54) is 9.67 Å². The smallest absolute Gasteiger partial charge is 0.206 e. The Labute approximate surface area is 150 Å². The largest absolute Gasteiger partial charge is 0.222 e. The van der Waals surface area contributed by atoms with Gasteiger partial charge in [0.1, 0.15) is 10.7 Å². The topological polar surface area (TPSA) is 69.4 Å². The van der Waals surface area contributed by atoms with E-state index in [0.29, 0.717) is 17.5 Å². The molecule has 0 atom stereocenters. The highest BCUT2D eigenvalue weighted by atomic mass is 79.9. The number of benzene rings is 1. The minimum absolute atomic E-state index is 0.552. The van der Waals surface area contributed by atoms with Crippen molar-refractivity contribution < 1.29 is 0 Å². The molecular formula is C16H13BrN6S. The van der Waals surface area contributed by atoms with E-state index in [2.05, 4.69) is 55.2 Å². The van der Waals surface area contributed by atoms with E-state index in [-0.39, 0.29) is 0 Å². The Morgan fingerprint density at radius 3 is 2.67 bits per heavy atom. The first-order valence-electron chi connectivity index (χ1n) is 7.34. The zero-order chi connectivity index (χ0) is 16.8. The summed E-state index contributed by atoms with van der Waals surface area (Å²) in [6.45, 7) is 6.03. The molecule has 1 aromatic carbocycles. The Bertz CT molecular complexity index is 1070. The molecule has 6 nitrogen and oxygen atoms in total. The third-order valence-corrected chi connectivity index (χ3v) is 5.63. The van der Waals surface area contributed by atoms with Crippen LogP contribution in [0.4, 0.5) is 0 Å². The van der Waals surface area contributed by atoms with Gasteiger partial charge in [-0.15, -0.1) is 26.3 Å². The van der Waals surface area contributed by atoms with E-state index in [0.717, 1.165) is 25.8 Å². The van der Waals surface area contributed by atoms with Crippen LogP contribution in [0.2, 0.25) is 0 Å². The van der Waals surface area contributed by atoms with Gasteiger partial charge in [-0.2, -0.15) is 0 Å². The van der Waals surface area contributed by atoms with Crippen LogP contribution in [0.25, 0.3) is 27.4 Å². The number of nitrogens with zero attached hydrogens (tertiary/aromatic N) is 6. The minimum atomic E-state index is 0.552. The fourth-order valence-electron chi connectivity index (χ4n) is 2.53. The van der Waals surface area contributed by atoms with E-state index in [9.17, 15) is 0 Å². The number of rotatable bonds is 2. The summed E-state index contributed by atoms with van der Waals surface area (Å²) in [5.41, 5.74) is 2.05. The van der Waals surface area contributed by atoms with Crippen molar-refractivity contribution >= 4 is 37.5 Å². The molecule has 0 unspecified atom stereocenters. The molecule has 0 radical (unpaired) electrons. The molecule has 0 spiro atoms. The highest BCUT2D eigenvalue weighted by molar-refractivity contribution is 9.10. The van der Waals surface area contributed by atoms with Crippen LogP contribution < -0.4 is 0 Å². The summed E-state index contributed by atoms with van der Waals surface area (Å²) in [6.07, 6.45) is 0. The summed E-state index contributed by atoms with van der Waals surface area (Å²) in [5.74, 6) is 1.92. The molecule has 0 aliphatic carbocycles. The predicted octanol–water partition coefficient (Wildman–Crippen LogP) is 4.02. The average Bonchev–Trinajstić information content (AvgIpc) is 3.13. The Morgan fingerprint density at radius 2 is 1.88 bits per heavy atom. The SMILES string of the molecule is Cc1nc(-n2nnc(-c3ccccc3Br)n2)c2c(C)c(C)sc2n1. The molecule has 0 aliphatic heterocycles. The van der Waals surface area contributed by atoms with Gasteiger partial charge in [0, 0.05) is 14.9 Å². The quantitative estimate of drug-likeness (QED) is 0.508. The number of aromatic nitrogens is 6. The summed E-state index contributed by atoms with van der Waals surface area (Å²) < 4.78 is 0.927. The Hall–Kier alpha value is -2.19. The molecule has 0 amide bonds. The lowest BCUT2D eigenvalue weighted by Gasteiger charge is -2.03. The van der Waals surface area contributed by atoms with Gasteiger partial charge in [-0.3, -0.25) is 0 Å². The molecule has 3 heterocycles. The third kappa shape index (κ3) is 2.42. The van der Waals surface area contributed by atoms with Crippen LogP contribution in [0.5, 0.6) is 0 Å². The van der Waals surface area contributed by atoms with Crippen LogP contribution in [0.3, 0.4) is 0 Å². The molecule has 120 valence electrons. The molecule has 24 heavy (non-hydrogen) atoms. The van der Waals surface area contributed by atoms with Crippen LogP contribution in [0.1, 0.15) is 16.3 Å². The molecule has 0 saturated heterocycles. The molecule has 0 aliphatic rings. The van der Waals surface area contributed by atoms with Gasteiger partial charge in [-0.25, -0.2) is 9.97 Å². The fourth-order valence-corrected chi connectivity index (χ4v) is 4.06. The van der Waals surface area contributed by atoms with Crippen molar-refractivity contribution in [2.24, 2.45) is 0 Å². The molecule has 8 heteroatoms. The predicted molar refractivity (Wildman–Crippen MR) is 97.5 cm³/mol. The van der Waals surface area contributed by atoms with Gasteiger partial charge in [-0.1, -0.05) is 28.1 Å². The Kier molecular flexibility index (Phi) is 3.65. The van der Waals surface area contributed by atoms with E-state index in [4.69, 9.17) is 0 Å². The van der Waals surface area contributed by atoms with Crippen molar-refractivity contribution in [2.45, 2.75) is 20.8 Å². The maximum absolute atomic E-state index is 4.56. The van der Waals surface area contributed by atoms with E-state index < -0.39 is 0 Å². The summed E-state index contributed by atoms with van der Waals surface area (Å²) in [5, 5.41) is 13.9. The maximum atomic E-state index is 4.56. The van der Waals surface area contributed by atoms with Gasteiger partial charge in [0.2, 0.25) is 5.82 Å². The second-order valence-corrected chi connectivity index (χ2v) is 7.50. The zero-order valence-corrected chi connectivity index (χ0v) is 15.7. The van der Waals surface area contributed by atoms with Gasteiger partial charge in [-0.05, 0) is 43.7 Å². The van der Waals surface area contributed by atoms with Crippen LogP contribution in [-0.2, 0) is 0 Å². The van der Waals surface area contributed by atoms with Crippen LogP contribution in [-0.4, -0.2) is 30.2 Å². The number of thiophene rings is 1. The first-order valence-corrected chi connectivity index (χ1v) is 8.95. The Morgan fingerprint density at radius 1 is 1.08 bits per heavy atom. The van der Waals surface area contributed by atoms with E-state index in [1.54, 1.807) is 11.3 Å². The standard InChI is InChI=1S/C16H13BrN6S/c1-8-9(2)24-16-13(8)15(18-10(3)19-16)23-21-14(20-22-23)11-6-4-5-7-12(11)17/h4-7H,1-3H3. The van der Waals surface area contributed by atoms with Crippen LogP contribution >= 0.6 is 27.3 Å². The number of tetrazole rings is 1. The highest BCUT2D eigenvalue weighted by Crippen LogP contribution is 2.32. The average molecular weight is 401 g/mol. The molecule has 0 fully saturated rings. The normalized spacial score (nSPS) is 11.3. The van der Waals surface area contributed by atoms with Crippen LogP contribution in [0, 0.1) is 20.8 Å². The van der Waals surface area contributed by atoms with Gasteiger partial charge in [0.25, 0.3) is 0 Å². The second-order valence-electron chi connectivity index (χ2n) is 5.44. The number of hydrogen-bond acceptors (Lipinski definition) is 6. The lowest BCUT2D eigenvalue weighted by Crippen LogP contribution is -2.05. The van der Waals surface area contributed by atoms with Gasteiger partial charge >= 0.3 is 0 Å². The third-order valence-electron chi connectivity index (χ3n) is 3.84. The molecular weight excluding hydrogens is 388 g/mol. The minimum Gasteiger partial charge on any atom is -0.222 e. The van der Waals surface area contributed by atoms with Crippen molar-refractivity contribution in [3.8, 4) is 17.2 Å². The van der Waals surface area contributed by atoms with E-state index >= 15 is 0 Å². The first-order chi connectivity index (χ1) is 11.5. The summed E-state index contributed by atoms with van der Waals surface area (Å²) in [6, 6.07) is 7.80. The molecule has 0 N–H and O–H groups in total. The second kappa shape index (κ2) is 5.71. The van der Waals surface area contributed by atoms with Crippen molar-refractivity contribution in [3.63, 3.8) is 0 Å². The van der Waals surface area contributed by atoms with E-state index in [1.807, 2.05) is 31.2 Å². The molecule has 4 aromatic rings. The van der Waals surface area contributed by atoms with Crippen LogP contribution in [0.15, 0.2) is 28.7 Å². The summed E-state index contributed by atoms with van der Waals surface area (Å²) >= 11 is 5.18.